The molecule has 0 unspecified atom stereocenters. The van der Waals surface area contributed by atoms with E-state index in [2.05, 4.69) is 10.1 Å². The summed E-state index contributed by atoms with van der Waals surface area (Å²) in [7, 11) is 0. The van der Waals surface area contributed by atoms with Gasteiger partial charge in [-0.2, -0.15) is 5.10 Å². The molecule has 16 heavy (non-hydrogen) atoms. The Morgan fingerprint density at radius 3 is 2.75 bits per heavy atom. The summed E-state index contributed by atoms with van der Waals surface area (Å²) in [6.07, 6.45) is 3.22. The number of carboxylic acid groups (broad SMARTS) is 1. The van der Waals surface area contributed by atoms with Gasteiger partial charge in [-0.15, -0.1) is 0 Å². The summed E-state index contributed by atoms with van der Waals surface area (Å²) in [5.74, 6) is -0.964. The number of nitrogens with zero attached hydrogens (tertiary/aromatic N) is 3. The van der Waals surface area contributed by atoms with E-state index in [1.54, 1.807) is 16.8 Å². The minimum Gasteiger partial charge on any atom is -0.478 e. The number of hydrogen-bond donors (Lipinski definition) is 1. The van der Waals surface area contributed by atoms with Gasteiger partial charge in [0.25, 0.3) is 0 Å². The lowest BCUT2D eigenvalue weighted by atomic mass is 10.2. The van der Waals surface area contributed by atoms with Crippen molar-refractivity contribution in [3.05, 3.63) is 47.5 Å². The van der Waals surface area contributed by atoms with Crippen molar-refractivity contribution in [2.75, 3.05) is 0 Å². The van der Waals surface area contributed by atoms with E-state index in [-0.39, 0.29) is 5.56 Å². The molecule has 0 aliphatic carbocycles. The maximum atomic E-state index is 10.6. The van der Waals surface area contributed by atoms with Crippen LogP contribution in [-0.4, -0.2) is 25.8 Å². The monoisotopic (exact) mass is 217 g/mol. The molecule has 0 amide bonds. The van der Waals surface area contributed by atoms with Crippen LogP contribution in [0.15, 0.2) is 30.6 Å². The van der Waals surface area contributed by atoms with Crippen LogP contribution >= 0.6 is 0 Å². The summed E-state index contributed by atoms with van der Waals surface area (Å²) in [5, 5.41) is 12.9. The standard InChI is InChI=1S/C11H11N3O2/c1-8-4-5-14(13-8)7-10-3-2-9(6-12-10)11(15)16/h2-6H,7H2,1H3,(H,15,16). The highest BCUT2D eigenvalue weighted by molar-refractivity contribution is 5.87. The smallest absolute Gasteiger partial charge is 0.337 e. The predicted molar refractivity (Wildman–Crippen MR) is 57.3 cm³/mol. The number of rotatable bonds is 3. The van der Waals surface area contributed by atoms with E-state index in [0.29, 0.717) is 6.54 Å². The van der Waals surface area contributed by atoms with Crippen LogP contribution in [0.1, 0.15) is 21.7 Å². The van der Waals surface area contributed by atoms with Crippen LogP contribution in [0.25, 0.3) is 0 Å². The molecule has 0 saturated carbocycles. The zero-order chi connectivity index (χ0) is 11.5. The maximum absolute atomic E-state index is 10.6. The van der Waals surface area contributed by atoms with E-state index in [1.165, 1.54) is 6.20 Å². The minimum atomic E-state index is -0.964. The summed E-state index contributed by atoms with van der Waals surface area (Å²) < 4.78 is 1.76. The first kappa shape index (κ1) is 10.4. The molecule has 0 aliphatic heterocycles. The molecule has 2 aromatic heterocycles. The topological polar surface area (TPSA) is 68.0 Å². The third kappa shape index (κ3) is 2.25. The summed E-state index contributed by atoms with van der Waals surface area (Å²) in [6.45, 7) is 2.46. The molecule has 1 N–H and O–H groups in total. The van der Waals surface area contributed by atoms with E-state index in [9.17, 15) is 4.79 Å². The van der Waals surface area contributed by atoms with Gasteiger partial charge in [-0.05, 0) is 25.1 Å². The van der Waals surface area contributed by atoms with Crippen LogP contribution in [0.3, 0.4) is 0 Å². The molecule has 2 aromatic rings. The van der Waals surface area contributed by atoms with Crippen molar-refractivity contribution in [1.29, 1.82) is 0 Å². The molecule has 0 fully saturated rings. The highest BCUT2D eigenvalue weighted by Gasteiger charge is 2.03. The molecule has 0 aromatic carbocycles. The first-order valence-corrected chi connectivity index (χ1v) is 4.83. The van der Waals surface area contributed by atoms with Gasteiger partial charge in [-0.1, -0.05) is 0 Å². The lowest BCUT2D eigenvalue weighted by Crippen LogP contribution is -2.04. The average Bonchev–Trinajstić information content (AvgIpc) is 2.65. The lowest BCUT2D eigenvalue weighted by molar-refractivity contribution is 0.0696. The number of pyridine rings is 1. The molecule has 5 heteroatoms. The number of carbonyl (C=O) groups is 1. The summed E-state index contributed by atoms with van der Waals surface area (Å²) in [4.78, 5) is 14.7. The van der Waals surface area contributed by atoms with E-state index < -0.39 is 5.97 Å². The fourth-order valence-corrected chi connectivity index (χ4v) is 1.36. The molecule has 5 nitrogen and oxygen atoms in total. The van der Waals surface area contributed by atoms with Gasteiger partial charge in [0.1, 0.15) is 0 Å². The molecule has 82 valence electrons. The van der Waals surface area contributed by atoms with Crippen LogP contribution in [0.2, 0.25) is 0 Å². The molecule has 0 saturated heterocycles. The second-order valence-corrected chi connectivity index (χ2v) is 3.50. The highest BCUT2D eigenvalue weighted by Crippen LogP contribution is 2.03. The summed E-state index contributed by atoms with van der Waals surface area (Å²) in [5.41, 5.74) is 1.93. The van der Waals surface area contributed by atoms with Gasteiger partial charge in [-0.3, -0.25) is 9.67 Å². The number of hydrogen-bond acceptors (Lipinski definition) is 3. The number of carboxylic acids is 1. The first-order chi connectivity index (χ1) is 7.65. The SMILES string of the molecule is Cc1ccn(Cc2ccc(C(=O)O)cn2)n1. The van der Waals surface area contributed by atoms with Crippen molar-refractivity contribution in [2.45, 2.75) is 13.5 Å². The van der Waals surface area contributed by atoms with Crippen LogP contribution < -0.4 is 0 Å². The van der Waals surface area contributed by atoms with E-state index >= 15 is 0 Å². The summed E-state index contributed by atoms with van der Waals surface area (Å²) >= 11 is 0. The zero-order valence-corrected chi connectivity index (χ0v) is 8.79. The molecule has 0 atom stereocenters. The molecule has 0 spiro atoms. The Balaban J connectivity index is 2.14. The molecule has 0 bridgehead atoms. The Morgan fingerprint density at radius 2 is 2.25 bits per heavy atom. The zero-order valence-electron chi connectivity index (χ0n) is 8.79. The third-order valence-electron chi connectivity index (χ3n) is 2.17. The number of aromatic nitrogens is 3. The van der Waals surface area contributed by atoms with Crippen molar-refractivity contribution in [2.24, 2.45) is 0 Å². The number of aryl methyl sites for hydroxylation is 1. The maximum Gasteiger partial charge on any atom is 0.337 e. The fraction of sp³-hybridized carbons (Fsp3) is 0.182. The molecular weight excluding hydrogens is 206 g/mol. The van der Waals surface area contributed by atoms with Crippen LogP contribution in [0, 0.1) is 6.92 Å². The number of aromatic carboxylic acids is 1. The van der Waals surface area contributed by atoms with Gasteiger partial charge in [-0.25, -0.2) is 4.79 Å². The Morgan fingerprint density at radius 1 is 1.44 bits per heavy atom. The molecule has 2 heterocycles. The Kier molecular flexibility index (Phi) is 2.68. The van der Waals surface area contributed by atoms with Gasteiger partial charge in [0.2, 0.25) is 0 Å². The lowest BCUT2D eigenvalue weighted by Gasteiger charge is -2.01. The van der Waals surface area contributed by atoms with Crippen molar-refractivity contribution < 1.29 is 9.90 Å². The summed E-state index contributed by atoms with van der Waals surface area (Å²) in [6, 6.07) is 5.15. The van der Waals surface area contributed by atoms with E-state index in [1.807, 2.05) is 19.2 Å². The van der Waals surface area contributed by atoms with Crippen LogP contribution in [-0.2, 0) is 6.54 Å². The quantitative estimate of drug-likeness (QED) is 0.842. The average molecular weight is 217 g/mol. The third-order valence-corrected chi connectivity index (χ3v) is 2.17. The molecule has 2 rings (SSSR count). The van der Waals surface area contributed by atoms with E-state index in [4.69, 9.17) is 5.11 Å². The van der Waals surface area contributed by atoms with Gasteiger partial charge in [0, 0.05) is 12.4 Å². The second kappa shape index (κ2) is 4.14. The Hall–Kier alpha value is -2.17. The normalized spacial score (nSPS) is 10.3. The van der Waals surface area contributed by atoms with Gasteiger partial charge >= 0.3 is 5.97 Å². The van der Waals surface area contributed by atoms with E-state index in [0.717, 1.165) is 11.4 Å². The van der Waals surface area contributed by atoms with Crippen molar-refractivity contribution >= 4 is 5.97 Å². The largest absolute Gasteiger partial charge is 0.478 e. The van der Waals surface area contributed by atoms with Crippen LogP contribution in [0.4, 0.5) is 0 Å². The van der Waals surface area contributed by atoms with Gasteiger partial charge in [0.15, 0.2) is 0 Å². The second-order valence-electron chi connectivity index (χ2n) is 3.50. The Labute approximate surface area is 92.4 Å². The van der Waals surface area contributed by atoms with Crippen molar-refractivity contribution in [3.8, 4) is 0 Å². The van der Waals surface area contributed by atoms with Gasteiger partial charge in [0.05, 0.1) is 23.5 Å². The highest BCUT2D eigenvalue weighted by atomic mass is 16.4. The van der Waals surface area contributed by atoms with Crippen LogP contribution in [0.5, 0.6) is 0 Å². The minimum absolute atomic E-state index is 0.195. The Bertz CT molecular complexity index is 502. The van der Waals surface area contributed by atoms with Crippen molar-refractivity contribution in [3.63, 3.8) is 0 Å². The van der Waals surface area contributed by atoms with Gasteiger partial charge < -0.3 is 5.11 Å². The van der Waals surface area contributed by atoms with Crippen molar-refractivity contribution in [1.82, 2.24) is 14.8 Å². The fourth-order valence-electron chi connectivity index (χ4n) is 1.36. The predicted octanol–water partition coefficient (Wildman–Crippen LogP) is 1.33. The first-order valence-electron chi connectivity index (χ1n) is 4.83. The molecule has 0 radical (unpaired) electrons. The molecule has 0 aliphatic rings. The molecular formula is C11H11N3O2.